The molecule has 0 saturated carbocycles. The van der Waals surface area contributed by atoms with Crippen molar-refractivity contribution in [2.75, 3.05) is 0 Å². The fourth-order valence-electron chi connectivity index (χ4n) is 0.763. The van der Waals surface area contributed by atoms with Crippen molar-refractivity contribution in [3.8, 4) is 0 Å². The third-order valence-corrected chi connectivity index (χ3v) is 1.24. The highest BCUT2D eigenvalue weighted by Gasteiger charge is 2.02. The first kappa shape index (κ1) is 7.91. The summed E-state index contributed by atoms with van der Waals surface area (Å²) in [5.74, 6) is 1.09. The Morgan fingerprint density at radius 2 is 2.45 bits per heavy atom. The van der Waals surface area contributed by atoms with Gasteiger partial charge in [-0.05, 0) is 6.42 Å². The Labute approximate surface area is 64.6 Å². The quantitative estimate of drug-likeness (QED) is 0.601. The topological polar surface area (TPSA) is 56.0 Å². The third-order valence-electron chi connectivity index (χ3n) is 1.24. The lowest BCUT2D eigenvalue weighted by atomic mass is 10.3. The van der Waals surface area contributed by atoms with Gasteiger partial charge in [-0.2, -0.15) is 4.98 Å². The maximum Gasteiger partial charge on any atom is 0.226 e. The Morgan fingerprint density at radius 1 is 1.64 bits per heavy atom. The molecule has 0 amide bonds. The molecule has 1 heterocycles. The highest BCUT2D eigenvalue weighted by Crippen LogP contribution is 1.99. The molecule has 0 unspecified atom stereocenters. The van der Waals surface area contributed by atoms with Gasteiger partial charge < -0.3 is 9.32 Å². The molecule has 0 bridgehead atoms. The van der Waals surface area contributed by atoms with Gasteiger partial charge in [-0.25, -0.2) is 0 Å². The number of aromatic nitrogens is 2. The molecule has 60 valence electrons. The fraction of sp³-hybridized carbons (Fsp3) is 0.571. The van der Waals surface area contributed by atoms with Gasteiger partial charge >= 0.3 is 0 Å². The predicted octanol–water partition coefficient (Wildman–Crippen LogP) is 0.764. The van der Waals surface area contributed by atoms with Gasteiger partial charge in [0.1, 0.15) is 6.29 Å². The van der Waals surface area contributed by atoms with Crippen molar-refractivity contribution < 1.29 is 9.32 Å². The monoisotopic (exact) mass is 154 g/mol. The number of aryl methyl sites for hydroxylation is 1. The van der Waals surface area contributed by atoms with E-state index >= 15 is 0 Å². The Kier molecular flexibility index (Phi) is 2.77. The zero-order valence-corrected chi connectivity index (χ0v) is 6.41. The minimum absolute atomic E-state index is 0.243. The molecule has 4 heteroatoms. The Morgan fingerprint density at radius 3 is 3.09 bits per heavy atom. The predicted molar refractivity (Wildman–Crippen MR) is 38.1 cm³/mol. The van der Waals surface area contributed by atoms with Crippen LogP contribution in [0.2, 0.25) is 0 Å². The molecule has 0 aromatic carbocycles. The van der Waals surface area contributed by atoms with Gasteiger partial charge in [0.15, 0.2) is 5.82 Å². The fourth-order valence-corrected chi connectivity index (χ4v) is 0.763. The molecule has 0 spiro atoms. The minimum Gasteiger partial charge on any atom is -0.339 e. The van der Waals surface area contributed by atoms with E-state index in [0.717, 1.165) is 19.1 Å². The van der Waals surface area contributed by atoms with Crippen LogP contribution >= 0.6 is 0 Å². The zero-order valence-electron chi connectivity index (χ0n) is 6.41. The molecule has 1 aromatic heterocycles. The first-order valence-electron chi connectivity index (χ1n) is 3.62. The Balaban J connectivity index is 2.57. The lowest BCUT2D eigenvalue weighted by Crippen LogP contribution is -1.89. The van der Waals surface area contributed by atoms with Crippen LogP contribution in [0.1, 0.15) is 25.1 Å². The molecular formula is C7H10N2O2. The molecule has 0 N–H and O–H groups in total. The molecule has 1 rings (SSSR count). The van der Waals surface area contributed by atoms with Crippen LogP contribution in [0.4, 0.5) is 0 Å². The lowest BCUT2D eigenvalue weighted by molar-refractivity contribution is -0.107. The number of hydrogen-bond acceptors (Lipinski definition) is 4. The molecule has 0 saturated heterocycles. The van der Waals surface area contributed by atoms with E-state index in [1.54, 1.807) is 0 Å². The SMILES string of the molecule is CCCc1nc(CC=O)no1. The molecule has 0 fully saturated rings. The number of hydrogen-bond donors (Lipinski definition) is 0. The second-order valence-corrected chi connectivity index (χ2v) is 2.23. The van der Waals surface area contributed by atoms with Gasteiger partial charge in [0.2, 0.25) is 5.89 Å². The van der Waals surface area contributed by atoms with Crippen LogP contribution < -0.4 is 0 Å². The van der Waals surface area contributed by atoms with Crippen molar-refractivity contribution >= 4 is 6.29 Å². The maximum absolute atomic E-state index is 10.0. The van der Waals surface area contributed by atoms with E-state index in [4.69, 9.17) is 4.52 Å². The van der Waals surface area contributed by atoms with Crippen molar-refractivity contribution in [2.45, 2.75) is 26.2 Å². The van der Waals surface area contributed by atoms with E-state index in [2.05, 4.69) is 10.1 Å². The second-order valence-electron chi connectivity index (χ2n) is 2.23. The van der Waals surface area contributed by atoms with E-state index < -0.39 is 0 Å². The van der Waals surface area contributed by atoms with Crippen molar-refractivity contribution in [3.05, 3.63) is 11.7 Å². The number of carbonyl (C=O) groups excluding carboxylic acids is 1. The number of rotatable bonds is 4. The van der Waals surface area contributed by atoms with Gasteiger partial charge in [-0.3, -0.25) is 0 Å². The average Bonchev–Trinajstić information content (AvgIpc) is 2.38. The molecule has 11 heavy (non-hydrogen) atoms. The van der Waals surface area contributed by atoms with Crippen molar-refractivity contribution in [3.63, 3.8) is 0 Å². The lowest BCUT2D eigenvalue weighted by Gasteiger charge is -1.82. The van der Waals surface area contributed by atoms with E-state index in [9.17, 15) is 4.79 Å². The second kappa shape index (κ2) is 3.85. The van der Waals surface area contributed by atoms with Gasteiger partial charge in [0.05, 0.1) is 6.42 Å². The van der Waals surface area contributed by atoms with Crippen LogP contribution in [0.5, 0.6) is 0 Å². The summed E-state index contributed by atoms with van der Waals surface area (Å²) < 4.78 is 4.84. The summed E-state index contributed by atoms with van der Waals surface area (Å²) in [6.07, 6.45) is 2.77. The van der Waals surface area contributed by atoms with E-state index in [1.165, 1.54) is 0 Å². The van der Waals surface area contributed by atoms with Crippen LogP contribution in [-0.4, -0.2) is 16.4 Å². The van der Waals surface area contributed by atoms with Crippen molar-refractivity contribution in [1.82, 2.24) is 10.1 Å². The van der Waals surface area contributed by atoms with E-state index in [0.29, 0.717) is 11.7 Å². The van der Waals surface area contributed by atoms with Crippen molar-refractivity contribution in [1.29, 1.82) is 0 Å². The standard InChI is InChI=1S/C7H10N2O2/c1-2-3-7-8-6(4-5-10)9-11-7/h5H,2-4H2,1H3. The summed E-state index contributed by atoms with van der Waals surface area (Å²) in [7, 11) is 0. The molecular weight excluding hydrogens is 144 g/mol. The summed E-state index contributed by atoms with van der Waals surface area (Å²) >= 11 is 0. The van der Waals surface area contributed by atoms with E-state index in [1.807, 2.05) is 6.92 Å². The number of carbonyl (C=O) groups is 1. The summed E-state index contributed by atoms with van der Waals surface area (Å²) in [5.41, 5.74) is 0. The van der Waals surface area contributed by atoms with Crippen LogP contribution in [0.3, 0.4) is 0 Å². The summed E-state index contributed by atoms with van der Waals surface area (Å²) in [5, 5.41) is 3.61. The van der Waals surface area contributed by atoms with Gasteiger partial charge in [-0.15, -0.1) is 0 Å². The largest absolute Gasteiger partial charge is 0.339 e. The molecule has 0 radical (unpaired) electrons. The average molecular weight is 154 g/mol. The zero-order chi connectivity index (χ0) is 8.10. The summed E-state index contributed by atoms with van der Waals surface area (Å²) in [6, 6.07) is 0. The summed E-state index contributed by atoms with van der Waals surface area (Å²) in [4.78, 5) is 14.0. The molecule has 1 aromatic rings. The van der Waals surface area contributed by atoms with Crippen LogP contribution in [0.15, 0.2) is 4.52 Å². The Bertz CT molecular complexity index is 232. The number of aldehydes is 1. The first-order chi connectivity index (χ1) is 5.36. The third kappa shape index (κ3) is 2.14. The molecule has 4 nitrogen and oxygen atoms in total. The minimum atomic E-state index is 0.243. The van der Waals surface area contributed by atoms with Crippen LogP contribution in [0, 0.1) is 0 Å². The molecule has 0 atom stereocenters. The molecule has 0 aliphatic rings. The Hall–Kier alpha value is -1.19. The number of nitrogens with zero attached hydrogens (tertiary/aromatic N) is 2. The highest BCUT2D eigenvalue weighted by atomic mass is 16.5. The highest BCUT2D eigenvalue weighted by molar-refractivity contribution is 5.52. The first-order valence-corrected chi connectivity index (χ1v) is 3.62. The maximum atomic E-state index is 10.0. The normalized spacial score (nSPS) is 9.91. The van der Waals surface area contributed by atoms with E-state index in [-0.39, 0.29) is 6.42 Å². The summed E-state index contributed by atoms with van der Waals surface area (Å²) in [6.45, 7) is 2.03. The van der Waals surface area contributed by atoms with Gasteiger partial charge in [0, 0.05) is 6.42 Å². The van der Waals surface area contributed by atoms with Crippen molar-refractivity contribution in [2.24, 2.45) is 0 Å². The molecule has 0 aliphatic heterocycles. The molecule has 0 aliphatic carbocycles. The van der Waals surface area contributed by atoms with Gasteiger partial charge in [-0.1, -0.05) is 12.1 Å². The van der Waals surface area contributed by atoms with Crippen LogP contribution in [0.25, 0.3) is 0 Å². The van der Waals surface area contributed by atoms with Crippen LogP contribution in [-0.2, 0) is 17.6 Å². The smallest absolute Gasteiger partial charge is 0.226 e. The van der Waals surface area contributed by atoms with Gasteiger partial charge in [0.25, 0.3) is 0 Å².